The van der Waals surface area contributed by atoms with Crippen LogP contribution in [0.2, 0.25) is 0 Å². The molecule has 0 unspecified atom stereocenters. The van der Waals surface area contributed by atoms with Crippen LogP contribution in [0, 0.1) is 0 Å². The highest BCUT2D eigenvalue weighted by molar-refractivity contribution is 5.99. The Morgan fingerprint density at radius 3 is 1.61 bits per heavy atom. The molecule has 1 heterocycles. The highest BCUT2D eigenvalue weighted by atomic mass is 14.9. The van der Waals surface area contributed by atoms with E-state index in [-0.39, 0.29) is 5.41 Å². The van der Waals surface area contributed by atoms with Gasteiger partial charge in [0.15, 0.2) is 5.82 Å². The van der Waals surface area contributed by atoms with Gasteiger partial charge >= 0.3 is 0 Å². The van der Waals surface area contributed by atoms with Gasteiger partial charge in [-0.05, 0) is 84.6 Å². The van der Waals surface area contributed by atoms with Gasteiger partial charge in [0.05, 0.1) is 16.8 Å². The van der Waals surface area contributed by atoms with E-state index in [9.17, 15) is 0 Å². The molecule has 2 heteroatoms. The quantitative estimate of drug-likeness (QED) is 0.177. The summed E-state index contributed by atoms with van der Waals surface area (Å²) in [6.07, 6.45) is 0. The average Bonchev–Trinajstić information content (AvgIpc) is 3.69. The first-order valence-electron chi connectivity index (χ1n) is 19.5. The predicted octanol–water partition coefficient (Wildman–Crippen LogP) is 13.3. The zero-order valence-corrected chi connectivity index (χ0v) is 31.4. The van der Waals surface area contributed by atoms with Crippen LogP contribution in [0.4, 0.5) is 0 Å². The molecule has 9 aromatic rings. The van der Waals surface area contributed by atoms with Crippen LogP contribution in [0.15, 0.2) is 194 Å². The Balaban J connectivity index is 1.22. The third-order valence-electron chi connectivity index (χ3n) is 12.4. The summed E-state index contributed by atoms with van der Waals surface area (Å²) in [6, 6.07) is 70.6. The fraction of sp³-hybridized carbons (Fsp3) is 0.0741. The Hall–Kier alpha value is -6.90. The maximum atomic E-state index is 5.49. The molecule has 0 amide bonds. The molecule has 0 N–H and O–H groups in total. The van der Waals surface area contributed by atoms with Gasteiger partial charge in [-0.2, -0.15) is 0 Å². The van der Waals surface area contributed by atoms with Crippen LogP contribution in [-0.2, 0) is 10.8 Å². The van der Waals surface area contributed by atoms with Gasteiger partial charge in [0.2, 0.25) is 0 Å². The molecule has 0 spiro atoms. The number of hydrogen-bond acceptors (Lipinski definition) is 2. The molecule has 11 rings (SSSR count). The van der Waals surface area contributed by atoms with Gasteiger partial charge < -0.3 is 0 Å². The minimum Gasteiger partial charge on any atom is -0.228 e. The summed E-state index contributed by atoms with van der Waals surface area (Å²) in [7, 11) is 0. The minimum absolute atomic E-state index is 0.167. The van der Waals surface area contributed by atoms with Gasteiger partial charge in [0.1, 0.15) is 0 Å². The van der Waals surface area contributed by atoms with E-state index in [4.69, 9.17) is 9.97 Å². The maximum absolute atomic E-state index is 5.49. The lowest BCUT2D eigenvalue weighted by molar-refractivity contribution is 0.661. The second kappa shape index (κ2) is 12.3. The topological polar surface area (TPSA) is 25.8 Å². The van der Waals surface area contributed by atoms with E-state index in [2.05, 4.69) is 208 Å². The van der Waals surface area contributed by atoms with Gasteiger partial charge in [-0.15, -0.1) is 0 Å². The lowest BCUT2D eigenvalue weighted by atomic mass is 9.66. The average molecular weight is 715 g/mol. The molecule has 56 heavy (non-hydrogen) atoms. The van der Waals surface area contributed by atoms with Crippen molar-refractivity contribution in [3.05, 3.63) is 228 Å². The fourth-order valence-electron chi connectivity index (χ4n) is 9.84. The Labute approximate surface area is 327 Å². The molecule has 2 aliphatic carbocycles. The van der Waals surface area contributed by atoms with Crippen LogP contribution < -0.4 is 0 Å². The first-order valence-corrected chi connectivity index (χ1v) is 19.5. The molecule has 0 bridgehead atoms. The van der Waals surface area contributed by atoms with Crippen molar-refractivity contribution in [2.75, 3.05) is 0 Å². The molecule has 8 aromatic carbocycles. The molecule has 0 fully saturated rings. The van der Waals surface area contributed by atoms with Gasteiger partial charge in [-0.1, -0.05) is 190 Å². The zero-order valence-electron chi connectivity index (χ0n) is 31.4. The molecule has 0 aliphatic heterocycles. The standard InChI is InChI=1S/C54H38N2/c1-53(2)46-31-17-28-42(50(46)44-32-36-20-12-13-21-37(36)33-47(44)53)48-34-49(56-52(55-48)35-18-6-3-7-19-35)43-29-16-27-41-40-26-14-15-30-45(40)54(51(41)43,38-22-8-4-9-23-38)39-24-10-5-11-25-39/h3-34H,1-2H3. The monoisotopic (exact) mass is 714 g/mol. The number of benzene rings is 8. The molecule has 2 nitrogen and oxygen atoms in total. The molecule has 0 radical (unpaired) electrons. The Bertz CT molecular complexity index is 2940. The second-order valence-corrected chi connectivity index (χ2v) is 15.7. The molecule has 1 aromatic heterocycles. The highest BCUT2D eigenvalue weighted by Crippen LogP contribution is 2.59. The largest absolute Gasteiger partial charge is 0.228 e. The molecule has 0 saturated carbocycles. The molecular weight excluding hydrogens is 677 g/mol. The lowest BCUT2D eigenvalue weighted by Crippen LogP contribution is -2.29. The van der Waals surface area contributed by atoms with Gasteiger partial charge in [-0.25, -0.2) is 9.97 Å². The van der Waals surface area contributed by atoms with E-state index in [1.165, 1.54) is 66.4 Å². The van der Waals surface area contributed by atoms with Gasteiger partial charge in [0, 0.05) is 22.1 Å². The summed E-state index contributed by atoms with van der Waals surface area (Å²) in [5.74, 6) is 0.713. The number of aromatic nitrogens is 2. The maximum Gasteiger partial charge on any atom is 0.160 e. The summed E-state index contributed by atoms with van der Waals surface area (Å²) in [4.78, 5) is 10.9. The van der Waals surface area contributed by atoms with Crippen LogP contribution in [-0.4, -0.2) is 9.97 Å². The number of hydrogen-bond donors (Lipinski definition) is 0. The fourth-order valence-corrected chi connectivity index (χ4v) is 9.84. The first kappa shape index (κ1) is 32.5. The van der Waals surface area contributed by atoms with E-state index in [1.54, 1.807) is 0 Å². The van der Waals surface area contributed by atoms with Crippen LogP contribution in [0.3, 0.4) is 0 Å². The van der Waals surface area contributed by atoms with Crippen molar-refractivity contribution in [3.63, 3.8) is 0 Å². The van der Waals surface area contributed by atoms with Crippen molar-refractivity contribution in [3.8, 4) is 56.2 Å². The van der Waals surface area contributed by atoms with Crippen LogP contribution in [0.1, 0.15) is 47.2 Å². The first-order chi connectivity index (χ1) is 27.5. The summed E-state index contributed by atoms with van der Waals surface area (Å²) in [5.41, 5.74) is 17.0. The predicted molar refractivity (Wildman–Crippen MR) is 231 cm³/mol. The Morgan fingerprint density at radius 1 is 0.375 bits per heavy atom. The summed E-state index contributed by atoms with van der Waals surface area (Å²) in [5, 5.41) is 2.51. The van der Waals surface area contributed by atoms with E-state index in [1.807, 2.05) is 0 Å². The van der Waals surface area contributed by atoms with Crippen molar-refractivity contribution >= 4 is 10.8 Å². The molecule has 2 aliphatic rings. The van der Waals surface area contributed by atoms with E-state index in [0.717, 1.165) is 28.1 Å². The Morgan fingerprint density at radius 2 is 0.893 bits per heavy atom. The van der Waals surface area contributed by atoms with Gasteiger partial charge in [0.25, 0.3) is 0 Å². The number of rotatable bonds is 5. The third-order valence-corrected chi connectivity index (χ3v) is 12.4. The molecule has 0 atom stereocenters. The van der Waals surface area contributed by atoms with E-state index >= 15 is 0 Å². The van der Waals surface area contributed by atoms with Crippen LogP contribution in [0.25, 0.3) is 66.9 Å². The van der Waals surface area contributed by atoms with E-state index in [0.29, 0.717) is 5.82 Å². The van der Waals surface area contributed by atoms with Gasteiger partial charge in [-0.3, -0.25) is 0 Å². The number of fused-ring (bicyclic) bond motifs is 7. The van der Waals surface area contributed by atoms with Crippen molar-refractivity contribution in [1.82, 2.24) is 9.97 Å². The smallest absolute Gasteiger partial charge is 0.160 e. The van der Waals surface area contributed by atoms with E-state index < -0.39 is 5.41 Å². The number of nitrogens with zero attached hydrogens (tertiary/aromatic N) is 2. The zero-order chi connectivity index (χ0) is 37.4. The lowest BCUT2D eigenvalue weighted by Gasteiger charge is -2.35. The van der Waals surface area contributed by atoms with Crippen molar-refractivity contribution in [2.24, 2.45) is 0 Å². The highest BCUT2D eigenvalue weighted by Gasteiger charge is 2.47. The minimum atomic E-state index is -0.568. The van der Waals surface area contributed by atoms with Crippen LogP contribution in [0.5, 0.6) is 0 Å². The summed E-state index contributed by atoms with van der Waals surface area (Å²) < 4.78 is 0. The summed E-state index contributed by atoms with van der Waals surface area (Å²) >= 11 is 0. The molecule has 0 saturated heterocycles. The van der Waals surface area contributed by atoms with Crippen molar-refractivity contribution in [1.29, 1.82) is 0 Å². The molecular formula is C54H38N2. The van der Waals surface area contributed by atoms with Crippen molar-refractivity contribution < 1.29 is 0 Å². The third kappa shape index (κ3) is 4.63. The Kier molecular flexibility index (Phi) is 7.15. The van der Waals surface area contributed by atoms with Crippen molar-refractivity contribution in [2.45, 2.75) is 24.7 Å². The normalized spacial score (nSPS) is 14.2. The van der Waals surface area contributed by atoms with Crippen LogP contribution >= 0.6 is 0 Å². The SMILES string of the molecule is CC1(C)c2cc3ccccc3cc2-c2c(-c3cc(-c4cccc5c4C(c4ccccc4)(c4ccccc4)c4ccccc4-5)nc(-c4ccccc4)n3)cccc21. The summed E-state index contributed by atoms with van der Waals surface area (Å²) in [6.45, 7) is 4.71. The second-order valence-electron chi connectivity index (χ2n) is 15.7. The molecule has 264 valence electrons.